The van der Waals surface area contributed by atoms with Crippen molar-refractivity contribution in [1.29, 1.82) is 0 Å². The molecule has 1 atom stereocenters. The number of thiophene rings is 1. The summed E-state index contributed by atoms with van der Waals surface area (Å²) in [6.07, 6.45) is 2.57. The first-order valence-electron chi connectivity index (χ1n) is 8.92. The van der Waals surface area contributed by atoms with Crippen molar-refractivity contribution in [2.75, 3.05) is 11.9 Å². The zero-order chi connectivity index (χ0) is 17.7. The van der Waals surface area contributed by atoms with Crippen LogP contribution in [0.4, 0.5) is 5.69 Å². The van der Waals surface area contributed by atoms with Crippen molar-refractivity contribution in [1.82, 2.24) is 4.90 Å². The number of hydrogen-bond acceptors (Lipinski definition) is 3. The largest absolute Gasteiger partial charge is 0.353 e. The highest BCUT2D eigenvalue weighted by Crippen LogP contribution is 2.38. The summed E-state index contributed by atoms with van der Waals surface area (Å²) < 4.78 is 2.71. The molecular formula is C23H20N2S. The summed E-state index contributed by atoms with van der Waals surface area (Å²) in [4.78, 5) is 4.69. The highest BCUT2D eigenvalue weighted by Gasteiger charge is 2.27. The van der Waals surface area contributed by atoms with E-state index in [0.717, 1.165) is 0 Å². The SMILES string of the molecule is CC1N(C)C(c2ccc3sc4ccccc4c3c2)=CN1c1ccccc1. The normalized spacial score (nSPS) is 17.3. The number of hydrogen-bond donors (Lipinski definition) is 0. The smallest absolute Gasteiger partial charge is 0.103 e. The van der Waals surface area contributed by atoms with Crippen LogP contribution in [-0.2, 0) is 0 Å². The molecule has 2 nitrogen and oxygen atoms in total. The minimum atomic E-state index is 0.294. The number of nitrogens with zero attached hydrogens (tertiary/aromatic N) is 2. The molecule has 128 valence electrons. The predicted molar refractivity (Wildman–Crippen MR) is 113 cm³/mol. The monoisotopic (exact) mass is 356 g/mol. The van der Waals surface area contributed by atoms with Crippen LogP contribution in [0.3, 0.4) is 0 Å². The molecule has 1 unspecified atom stereocenters. The minimum Gasteiger partial charge on any atom is -0.353 e. The Bertz CT molecular complexity index is 1130. The van der Waals surface area contributed by atoms with Gasteiger partial charge in [0, 0.05) is 44.7 Å². The van der Waals surface area contributed by atoms with Crippen molar-refractivity contribution in [2.45, 2.75) is 13.1 Å². The lowest BCUT2D eigenvalue weighted by Gasteiger charge is -2.28. The fourth-order valence-corrected chi connectivity index (χ4v) is 4.86. The van der Waals surface area contributed by atoms with Crippen LogP contribution in [0.15, 0.2) is 79.0 Å². The third-order valence-electron chi connectivity index (χ3n) is 5.33. The third-order valence-corrected chi connectivity index (χ3v) is 6.48. The van der Waals surface area contributed by atoms with E-state index in [-0.39, 0.29) is 0 Å². The molecule has 0 bridgehead atoms. The average molecular weight is 356 g/mol. The fourth-order valence-electron chi connectivity index (χ4n) is 3.77. The second kappa shape index (κ2) is 5.89. The Balaban J connectivity index is 1.63. The van der Waals surface area contributed by atoms with Crippen LogP contribution in [-0.4, -0.2) is 18.1 Å². The summed E-state index contributed by atoms with van der Waals surface area (Å²) in [5, 5.41) is 2.70. The van der Waals surface area contributed by atoms with Crippen LogP contribution >= 0.6 is 11.3 Å². The molecule has 26 heavy (non-hydrogen) atoms. The van der Waals surface area contributed by atoms with Crippen molar-refractivity contribution in [3.05, 3.63) is 84.6 Å². The van der Waals surface area contributed by atoms with E-state index in [9.17, 15) is 0 Å². The molecule has 0 amide bonds. The van der Waals surface area contributed by atoms with Gasteiger partial charge in [-0.2, -0.15) is 0 Å². The quantitative estimate of drug-likeness (QED) is 0.425. The highest BCUT2D eigenvalue weighted by atomic mass is 32.1. The van der Waals surface area contributed by atoms with Gasteiger partial charge in [-0.05, 0) is 37.3 Å². The summed E-state index contributed by atoms with van der Waals surface area (Å²) in [5.74, 6) is 0. The zero-order valence-electron chi connectivity index (χ0n) is 14.9. The standard InChI is InChI=1S/C23H20N2S/c1-16-24(2)21(15-25(16)18-8-4-3-5-9-18)17-12-13-23-20(14-17)19-10-6-7-11-22(19)26-23/h3-16H,1-2H3. The van der Waals surface area contributed by atoms with E-state index in [2.05, 4.69) is 103 Å². The lowest BCUT2D eigenvalue weighted by molar-refractivity contribution is 0.399. The Labute approximate surface area is 157 Å². The molecule has 0 radical (unpaired) electrons. The van der Waals surface area contributed by atoms with E-state index in [4.69, 9.17) is 0 Å². The molecule has 1 aliphatic rings. The van der Waals surface area contributed by atoms with Crippen LogP contribution in [0.5, 0.6) is 0 Å². The number of anilines is 1. The Kier molecular flexibility index (Phi) is 3.50. The van der Waals surface area contributed by atoms with E-state index in [1.807, 2.05) is 11.3 Å². The molecule has 0 saturated heterocycles. The van der Waals surface area contributed by atoms with Gasteiger partial charge in [0.2, 0.25) is 0 Å². The third kappa shape index (κ3) is 2.31. The molecule has 2 heterocycles. The van der Waals surface area contributed by atoms with E-state index >= 15 is 0 Å². The molecule has 0 aliphatic carbocycles. The molecule has 5 rings (SSSR count). The summed E-state index contributed by atoms with van der Waals surface area (Å²) in [7, 11) is 2.18. The van der Waals surface area contributed by atoms with E-state index < -0.39 is 0 Å². The second-order valence-corrected chi connectivity index (χ2v) is 7.89. The Morgan fingerprint density at radius 2 is 1.54 bits per heavy atom. The molecule has 3 aromatic carbocycles. The molecule has 3 heteroatoms. The molecule has 1 aromatic heterocycles. The van der Waals surface area contributed by atoms with Crippen LogP contribution in [0, 0.1) is 0 Å². The Morgan fingerprint density at radius 3 is 2.38 bits per heavy atom. The van der Waals surface area contributed by atoms with Gasteiger partial charge in [0.15, 0.2) is 0 Å². The molecule has 0 N–H and O–H groups in total. The van der Waals surface area contributed by atoms with Gasteiger partial charge in [-0.1, -0.05) is 42.5 Å². The first-order chi connectivity index (χ1) is 12.7. The van der Waals surface area contributed by atoms with Gasteiger partial charge < -0.3 is 9.80 Å². The van der Waals surface area contributed by atoms with Gasteiger partial charge >= 0.3 is 0 Å². The maximum absolute atomic E-state index is 2.35. The number of fused-ring (bicyclic) bond motifs is 3. The zero-order valence-corrected chi connectivity index (χ0v) is 15.7. The maximum Gasteiger partial charge on any atom is 0.103 e. The van der Waals surface area contributed by atoms with Crippen molar-refractivity contribution in [2.24, 2.45) is 0 Å². The van der Waals surface area contributed by atoms with Gasteiger partial charge in [-0.15, -0.1) is 11.3 Å². The Hall–Kier alpha value is -2.78. The fraction of sp³-hybridized carbons (Fsp3) is 0.130. The van der Waals surface area contributed by atoms with E-state index in [1.54, 1.807) is 0 Å². The van der Waals surface area contributed by atoms with E-state index in [1.165, 1.54) is 37.1 Å². The molecule has 0 spiro atoms. The molecule has 1 aliphatic heterocycles. The van der Waals surface area contributed by atoms with E-state index in [0.29, 0.717) is 6.17 Å². The van der Waals surface area contributed by atoms with Crippen LogP contribution in [0.25, 0.3) is 25.9 Å². The van der Waals surface area contributed by atoms with Gasteiger partial charge in [0.1, 0.15) is 6.17 Å². The van der Waals surface area contributed by atoms with Gasteiger partial charge in [-0.25, -0.2) is 0 Å². The maximum atomic E-state index is 2.35. The lowest BCUT2D eigenvalue weighted by atomic mass is 10.1. The van der Waals surface area contributed by atoms with Crippen LogP contribution < -0.4 is 4.90 Å². The topological polar surface area (TPSA) is 6.48 Å². The summed E-state index contributed by atoms with van der Waals surface area (Å²) in [6.45, 7) is 2.25. The molecule has 4 aromatic rings. The van der Waals surface area contributed by atoms with Crippen LogP contribution in [0.1, 0.15) is 12.5 Å². The molecule has 0 fully saturated rings. The number of rotatable bonds is 2. The Morgan fingerprint density at radius 1 is 0.808 bits per heavy atom. The van der Waals surface area contributed by atoms with Crippen molar-refractivity contribution in [3.63, 3.8) is 0 Å². The van der Waals surface area contributed by atoms with Crippen molar-refractivity contribution < 1.29 is 0 Å². The minimum absolute atomic E-state index is 0.294. The molecule has 0 saturated carbocycles. The number of para-hydroxylation sites is 1. The average Bonchev–Trinajstić information content (AvgIpc) is 3.20. The van der Waals surface area contributed by atoms with Gasteiger partial charge in [0.25, 0.3) is 0 Å². The van der Waals surface area contributed by atoms with Crippen LogP contribution in [0.2, 0.25) is 0 Å². The summed E-state index contributed by atoms with van der Waals surface area (Å²) in [5.41, 5.74) is 3.76. The molecular weight excluding hydrogens is 336 g/mol. The van der Waals surface area contributed by atoms with Crippen molar-refractivity contribution >= 4 is 42.9 Å². The first kappa shape index (κ1) is 15.5. The first-order valence-corrected chi connectivity index (χ1v) is 9.74. The predicted octanol–water partition coefficient (Wildman–Crippen LogP) is 6.15. The van der Waals surface area contributed by atoms with Gasteiger partial charge in [-0.3, -0.25) is 0 Å². The summed E-state index contributed by atoms with van der Waals surface area (Å²) >= 11 is 1.87. The lowest BCUT2D eigenvalue weighted by Crippen LogP contribution is -2.34. The second-order valence-electron chi connectivity index (χ2n) is 6.81. The summed E-state index contributed by atoms with van der Waals surface area (Å²) in [6, 6.07) is 26.1. The van der Waals surface area contributed by atoms with Crippen molar-refractivity contribution in [3.8, 4) is 0 Å². The number of benzene rings is 3. The highest BCUT2D eigenvalue weighted by molar-refractivity contribution is 7.25. The van der Waals surface area contributed by atoms with Gasteiger partial charge in [0.05, 0.1) is 5.70 Å².